The highest BCUT2D eigenvalue weighted by atomic mass is 32.2. The molecule has 0 amide bonds. The van der Waals surface area contributed by atoms with Crippen molar-refractivity contribution in [2.45, 2.75) is 57.9 Å². The third kappa shape index (κ3) is 4.20. The molecule has 0 aliphatic rings. The Labute approximate surface area is 83.7 Å². The quantitative estimate of drug-likeness (QED) is 0.764. The molecule has 0 saturated carbocycles. The van der Waals surface area contributed by atoms with Gasteiger partial charge < -0.3 is 5.73 Å². The summed E-state index contributed by atoms with van der Waals surface area (Å²) in [7, 11) is 0. The van der Waals surface area contributed by atoms with Crippen LogP contribution in [0.5, 0.6) is 0 Å². The van der Waals surface area contributed by atoms with Crippen LogP contribution in [0.3, 0.4) is 0 Å². The van der Waals surface area contributed by atoms with Crippen LogP contribution in [-0.4, -0.2) is 20.6 Å². The van der Waals surface area contributed by atoms with Gasteiger partial charge in [-0.15, -0.1) is 0 Å². The molecule has 2 atom stereocenters. The van der Waals surface area contributed by atoms with Crippen molar-refractivity contribution in [2.75, 3.05) is 0 Å². The van der Waals surface area contributed by atoms with Crippen molar-refractivity contribution in [2.24, 2.45) is 5.73 Å². The van der Waals surface area contributed by atoms with Gasteiger partial charge in [-0.3, -0.25) is 4.18 Å². The van der Waals surface area contributed by atoms with E-state index in [4.69, 9.17) is 9.92 Å². The van der Waals surface area contributed by atoms with Crippen LogP contribution < -0.4 is 5.73 Å². The fourth-order valence-electron chi connectivity index (χ4n) is 0.486. The summed E-state index contributed by atoms with van der Waals surface area (Å²) >= 11 is -1.35. The summed E-state index contributed by atoms with van der Waals surface area (Å²) in [5, 5.41) is 0. The van der Waals surface area contributed by atoms with Crippen LogP contribution in [0.4, 0.5) is 0 Å². The van der Waals surface area contributed by atoms with Gasteiger partial charge in [0.2, 0.25) is 0 Å². The van der Waals surface area contributed by atoms with Gasteiger partial charge in [-0.1, -0.05) is 0 Å². The molecule has 4 heteroatoms. The lowest BCUT2D eigenvalue weighted by atomic mass is 10.1. The second kappa shape index (κ2) is 4.07. The molecule has 0 aromatic rings. The SMILES string of the molecule is CC(N)C(C)(C)S(=O)OC(C)(C)C. The van der Waals surface area contributed by atoms with Crippen molar-refractivity contribution in [3.8, 4) is 0 Å². The average Bonchev–Trinajstić information content (AvgIpc) is 1.82. The van der Waals surface area contributed by atoms with Gasteiger partial charge in [-0.25, -0.2) is 4.21 Å². The normalized spacial score (nSPS) is 18.4. The van der Waals surface area contributed by atoms with Gasteiger partial charge in [0.05, 0.1) is 10.3 Å². The minimum atomic E-state index is -1.35. The standard InChI is InChI=1S/C9H21NO2S/c1-7(10)9(5,6)13(11)12-8(2,3)4/h7H,10H2,1-6H3. The summed E-state index contributed by atoms with van der Waals surface area (Å²) in [6.45, 7) is 11.2. The lowest BCUT2D eigenvalue weighted by molar-refractivity contribution is 0.146. The molecule has 2 unspecified atom stereocenters. The Hall–Kier alpha value is 0.0700. The first-order valence-corrected chi connectivity index (χ1v) is 5.52. The molecular formula is C9H21NO2S. The molecule has 0 aromatic heterocycles. The van der Waals surface area contributed by atoms with Crippen LogP contribution >= 0.6 is 0 Å². The van der Waals surface area contributed by atoms with Crippen LogP contribution in [0.2, 0.25) is 0 Å². The molecule has 2 N–H and O–H groups in total. The van der Waals surface area contributed by atoms with E-state index in [1.165, 1.54) is 0 Å². The van der Waals surface area contributed by atoms with Crippen LogP contribution in [0.1, 0.15) is 41.5 Å². The Balaban J connectivity index is 4.44. The van der Waals surface area contributed by atoms with Crippen LogP contribution in [0.25, 0.3) is 0 Å². The summed E-state index contributed by atoms with van der Waals surface area (Å²) in [6.07, 6.45) is 0. The van der Waals surface area contributed by atoms with Gasteiger partial charge >= 0.3 is 0 Å². The molecule has 0 rings (SSSR count). The van der Waals surface area contributed by atoms with E-state index in [0.717, 1.165) is 0 Å². The predicted octanol–water partition coefficient (Wildman–Crippen LogP) is 1.59. The second-order valence-corrected chi connectivity index (χ2v) is 6.51. The minimum absolute atomic E-state index is 0.157. The molecule has 0 aromatic carbocycles. The number of nitrogens with two attached hydrogens (primary N) is 1. The third-order valence-electron chi connectivity index (χ3n) is 1.85. The number of hydrogen-bond donors (Lipinski definition) is 1. The van der Waals surface area contributed by atoms with Crippen LogP contribution in [0, 0.1) is 0 Å². The molecule has 0 bridgehead atoms. The van der Waals surface area contributed by atoms with Crippen LogP contribution in [-0.2, 0) is 15.3 Å². The van der Waals surface area contributed by atoms with Gasteiger partial charge in [0.15, 0.2) is 11.1 Å². The molecule has 0 spiro atoms. The zero-order valence-electron chi connectivity index (χ0n) is 9.38. The summed E-state index contributed by atoms with van der Waals surface area (Å²) in [4.78, 5) is 0. The second-order valence-electron chi connectivity index (χ2n) is 4.82. The van der Waals surface area contributed by atoms with Gasteiger partial charge in [0, 0.05) is 6.04 Å². The summed E-state index contributed by atoms with van der Waals surface area (Å²) in [5.41, 5.74) is 5.33. The van der Waals surface area contributed by atoms with Gasteiger partial charge in [0.1, 0.15) is 0 Å². The van der Waals surface area contributed by atoms with Gasteiger partial charge in [-0.05, 0) is 41.5 Å². The number of rotatable bonds is 3. The van der Waals surface area contributed by atoms with Crippen LogP contribution in [0.15, 0.2) is 0 Å². The van der Waals surface area contributed by atoms with E-state index in [9.17, 15) is 4.21 Å². The molecule has 3 nitrogen and oxygen atoms in total. The fourth-order valence-corrected chi connectivity index (χ4v) is 1.46. The maximum absolute atomic E-state index is 11.7. The zero-order chi connectivity index (χ0) is 10.9. The molecule has 13 heavy (non-hydrogen) atoms. The zero-order valence-corrected chi connectivity index (χ0v) is 10.2. The van der Waals surface area contributed by atoms with E-state index in [-0.39, 0.29) is 6.04 Å². The molecule has 0 heterocycles. The predicted molar refractivity (Wildman–Crippen MR) is 56.7 cm³/mol. The summed E-state index contributed by atoms with van der Waals surface area (Å²) in [6, 6.07) is -0.157. The summed E-state index contributed by atoms with van der Waals surface area (Å²) < 4.78 is 16.6. The highest BCUT2D eigenvalue weighted by Crippen LogP contribution is 2.22. The Morgan fingerprint density at radius 3 is 1.85 bits per heavy atom. The topological polar surface area (TPSA) is 52.3 Å². The first-order valence-electron chi connectivity index (χ1n) is 4.44. The Bertz CT molecular complexity index is 194. The highest BCUT2D eigenvalue weighted by Gasteiger charge is 2.34. The van der Waals surface area contributed by atoms with Crippen molar-refractivity contribution in [1.82, 2.24) is 0 Å². The Morgan fingerprint density at radius 1 is 1.23 bits per heavy atom. The Morgan fingerprint density at radius 2 is 1.62 bits per heavy atom. The van der Waals surface area contributed by atoms with Gasteiger partial charge in [-0.2, -0.15) is 0 Å². The molecule has 0 aliphatic heterocycles. The Kier molecular flexibility index (Phi) is 4.09. The lowest BCUT2D eigenvalue weighted by Crippen LogP contribution is -2.46. The molecule has 80 valence electrons. The first-order chi connectivity index (χ1) is 5.57. The largest absolute Gasteiger partial charge is 0.327 e. The monoisotopic (exact) mass is 207 g/mol. The molecule has 0 fully saturated rings. The maximum Gasteiger partial charge on any atom is 0.163 e. The summed E-state index contributed by atoms with van der Waals surface area (Å²) in [5.74, 6) is 0. The average molecular weight is 207 g/mol. The van der Waals surface area contributed by atoms with Crippen molar-refractivity contribution in [1.29, 1.82) is 0 Å². The van der Waals surface area contributed by atoms with E-state index in [1.54, 1.807) is 0 Å². The maximum atomic E-state index is 11.7. The van der Waals surface area contributed by atoms with E-state index < -0.39 is 21.4 Å². The third-order valence-corrected chi connectivity index (χ3v) is 3.73. The minimum Gasteiger partial charge on any atom is -0.327 e. The van der Waals surface area contributed by atoms with Gasteiger partial charge in [0.25, 0.3) is 0 Å². The lowest BCUT2D eigenvalue weighted by Gasteiger charge is -2.30. The van der Waals surface area contributed by atoms with Crippen molar-refractivity contribution in [3.63, 3.8) is 0 Å². The number of hydrogen-bond acceptors (Lipinski definition) is 3. The van der Waals surface area contributed by atoms with E-state index in [2.05, 4.69) is 0 Å². The fraction of sp³-hybridized carbons (Fsp3) is 1.00. The first kappa shape index (κ1) is 13.1. The molecular weight excluding hydrogens is 186 g/mol. The van der Waals surface area contributed by atoms with E-state index >= 15 is 0 Å². The van der Waals surface area contributed by atoms with Crippen molar-refractivity contribution < 1.29 is 8.39 Å². The van der Waals surface area contributed by atoms with E-state index in [1.807, 2.05) is 41.5 Å². The van der Waals surface area contributed by atoms with Crippen molar-refractivity contribution >= 4 is 11.1 Å². The smallest absolute Gasteiger partial charge is 0.163 e. The highest BCUT2D eigenvalue weighted by molar-refractivity contribution is 7.81. The van der Waals surface area contributed by atoms with E-state index in [0.29, 0.717) is 0 Å². The van der Waals surface area contributed by atoms with Crippen molar-refractivity contribution in [3.05, 3.63) is 0 Å². The molecule has 0 radical (unpaired) electrons. The molecule has 0 aliphatic carbocycles. The molecule has 0 saturated heterocycles.